The Morgan fingerprint density at radius 2 is 1.76 bits per heavy atom. The molecular formula is C19H23N3O2S. The highest BCUT2D eigenvalue weighted by Gasteiger charge is 2.50. The molecule has 5 nitrogen and oxygen atoms in total. The minimum absolute atomic E-state index is 0.0975. The summed E-state index contributed by atoms with van der Waals surface area (Å²) in [6.45, 7) is 4.37. The van der Waals surface area contributed by atoms with Gasteiger partial charge < -0.3 is 0 Å². The van der Waals surface area contributed by atoms with Crippen LogP contribution >= 0.6 is 0 Å². The van der Waals surface area contributed by atoms with E-state index in [9.17, 15) is 8.42 Å². The normalized spacial score (nSPS) is 24.0. The summed E-state index contributed by atoms with van der Waals surface area (Å²) in [4.78, 5) is 6.89. The molecule has 3 saturated heterocycles. The highest BCUT2D eigenvalue weighted by Crippen LogP contribution is 2.36. The monoisotopic (exact) mass is 357 g/mol. The molecule has 0 radical (unpaired) electrons. The maximum atomic E-state index is 12.8. The number of hydrogen-bond donors (Lipinski definition) is 0. The third-order valence-corrected chi connectivity index (χ3v) is 6.98. The number of piperazine rings is 1. The van der Waals surface area contributed by atoms with E-state index in [-0.39, 0.29) is 17.8 Å². The Labute approximate surface area is 149 Å². The van der Waals surface area contributed by atoms with Gasteiger partial charge >= 0.3 is 0 Å². The lowest BCUT2D eigenvalue weighted by Crippen LogP contribution is -2.69. The first-order valence-corrected chi connectivity index (χ1v) is 10.3. The predicted molar refractivity (Wildman–Crippen MR) is 97.3 cm³/mol. The lowest BCUT2D eigenvalue weighted by molar-refractivity contribution is -0.0109. The average molecular weight is 357 g/mol. The van der Waals surface area contributed by atoms with Crippen molar-refractivity contribution in [2.24, 2.45) is 0 Å². The standard InChI is InChI=1S/C19H23N3O2S/c1-15-6-5-9-17(20-15)11-21-12-18-10-19(13-21)22(18)25(23,24)14-16-7-3-2-4-8-16/h2-9,18-19H,10-14H2,1H3. The SMILES string of the molecule is Cc1cccc(CN2CC3CC(C2)N3S(=O)(=O)Cc2ccccc2)n1. The van der Waals surface area contributed by atoms with Crippen LogP contribution in [0.1, 0.15) is 23.4 Å². The second-order valence-corrected chi connectivity index (χ2v) is 8.95. The minimum atomic E-state index is -3.25. The zero-order valence-corrected chi connectivity index (χ0v) is 15.2. The Balaban J connectivity index is 1.41. The van der Waals surface area contributed by atoms with Crippen molar-refractivity contribution in [3.05, 3.63) is 65.5 Å². The number of nitrogens with zero attached hydrogens (tertiary/aromatic N) is 3. The molecule has 0 saturated carbocycles. The molecular weight excluding hydrogens is 334 g/mol. The number of sulfonamides is 1. The van der Waals surface area contributed by atoms with E-state index in [0.717, 1.165) is 43.0 Å². The molecule has 132 valence electrons. The van der Waals surface area contributed by atoms with Crippen LogP contribution in [0.25, 0.3) is 0 Å². The van der Waals surface area contributed by atoms with Gasteiger partial charge in [-0.05, 0) is 31.0 Å². The predicted octanol–water partition coefficient (Wildman–Crippen LogP) is 2.18. The Morgan fingerprint density at radius 1 is 1.04 bits per heavy atom. The quantitative estimate of drug-likeness (QED) is 0.823. The van der Waals surface area contributed by atoms with Gasteiger partial charge in [-0.3, -0.25) is 9.88 Å². The van der Waals surface area contributed by atoms with Gasteiger partial charge in [-0.2, -0.15) is 4.31 Å². The van der Waals surface area contributed by atoms with E-state index in [4.69, 9.17) is 0 Å². The van der Waals surface area contributed by atoms with Gasteiger partial charge in [0, 0.05) is 37.4 Å². The van der Waals surface area contributed by atoms with E-state index in [1.807, 2.05) is 55.5 Å². The van der Waals surface area contributed by atoms with Gasteiger partial charge in [0.25, 0.3) is 0 Å². The van der Waals surface area contributed by atoms with Gasteiger partial charge in [0.2, 0.25) is 10.0 Å². The molecule has 2 bridgehead atoms. The summed E-state index contributed by atoms with van der Waals surface area (Å²) in [5, 5.41) is 0. The molecule has 1 aromatic heterocycles. The average Bonchev–Trinajstić information content (AvgIpc) is 2.54. The molecule has 0 amide bonds. The van der Waals surface area contributed by atoms with Crippen molar-refractivity contribution in [2.75, 3.05) is 13.1 Å². The summed E-state index contributed by atoms with van der Waals surface area (Å²) in [6.07, 6.45) is 0.978. The zero-order chi connectivity index (χ0) is 17.4. The van der Waals surface area contributed by atoms with Crippen LogP contribution in [0.15, 0.2) is 48.5 Å². The number of aryl methyl sites for hydroxylation is 1. The summed E-state index contributed by atoms with van der Waals surface area (Å²) < 4.78 is 27.4. The van der Waals surface area contributed by atoms with E-state index in [1.54, 1.807) is 4.31 Å². The smallest absolute Gasteiger partial charge is 0.218 e. The van der Waals surface area contributed by atoms with E-state index >= 15 is 0 Å². The lowest BCUT2D eigenvalue weighted by atomic mass is 9.91. The number of aromatic nitrogens is 1. The number of fused-ring (bicyclic) bond motifs is 2. The topological polar surface area (TPSA) is 53.5 Å². The fourth-order valence-corrected chi connectivity index (χ4v) is 6.00. The van der Waals surface area contributed by atoms with Crippen molar-refractivity contribution >= 4 is 10.0 Å². The number of piperidine rings is 1. The van der Waals surface area contributed by atoms with Crippen LogP contribution in [0.5, 0.6) is 0 Å². The largest absolute Gasteiger partial charge is 0.294 e. The molecule has 4 heterocycles. The zero-order valence-electron chi connectivity index (χ0n) is 14.4. The van der Waals surface area contributed by atoms with Gasteiger partial charge in [0.1, 0.15) is 0 Å². The van der Waals surface area contributed by atoms with Crippen molar-refractivity contribution in [3.63, 3.8) is 0 Å². The van der Waals surface area contributed by atoms with Gasteiger partial charge in [-0.1, -0.05) is 36.4 Å². The van der Waals surface area contributed by atoms with Gasteiger partial charge in [-0.25, -0.2) is 8.42 Å². The van der Waals surface area contributed by atoms with Crippen molar-refractivity contribution < 1.29 is 8.42 Å². The van der Waals surface area contributed by atoms with Crippen LogP contribution < -0.4 is 0 Å². The summed E-state index contributed by atoms with van der Waals surface area (Å²) >= 11 is 0. The van der Waals surface area contributed by atoms with Crippen LogP contribution in [-0.2, 0) is 22.3 Å². The van der Waals surface area contributed by atoms with Crippen LogP contribution in [0.2, 0.25) is 0 Å². The van der Waals surface area contributed by atoms with Crippen LogP contribution in [0.4, 0.5) is 0 Å². The fourth-order valence-electron chi connectivity index (χ4n) is 4.02. The van der Waals surface area contributed by atoms with E-state index in [1.165, 1.54) is 0 Å². The number of hydrogen-bond acceptors (Lipinski definition) is 4. The molecule has 1 aromatic carbocycles. The summed E-state index contributed by atoms with van der Waals surface area (Å²) in [5.74, 6) is 0.0975. The minimum Gasteiger partial charge on any atom is -0.294 e. The molecule has 3 fully saturated rings. The first kappa shape index (κ1) is 16.7. The third kappa shape index (κ3) is 3.47. The Kier molecular flexibility index (Phi) is 4.35. The summed E-state index contributed by atoms with van der Waals surface area (Å²) in [7, 11) is -3.25. The Morgan fingerprint density at radius 3 is 2.44 bits per heavy atom. The molecule has 2 atom stereocenters. The molecule has 3 aliphatic heterocycles. The van der Waals surface area contributed by atoms with Crippen molar-refractivity contribution in [1.29, 1.82) is 0 Å². The second-order valence-electron chi connectivity index (χ2n) is 7.08. The molecule has 6 heteroatoms. The van der Waals surface area contributed by atoms with Crippen LogP contribution in [0, 0.1) is 6.92 Å². The molecule has 0 aliphatic carbocycles. The number of rotatable bonds is 5. The molecule has 2 unspecified atom stereocenters. The van der Waals surface area contributed by atoms with E-state index in [0.29, 0.717) is 0 Å². The van der Waals surface area contributed by atoms with Crippen LogP contribution in [-0.4, -0.2) is 47.8 Å². The Bertz CT molecular complexity index is 842. The van der Waals surface area contributed by atoms with Crippen molar-refractivity contribution in [2.45, 2.75) is 37.7 Å². The van der Waals surface area contributed by atoms with Gasteiger partial charge in [0.15, 0.2) is 0 Å². The summed E-state index contributed by atoms with van der Waals surface area (Å²) in [5.41, 5.74) is 2.93. The highest BCUT2D eigenvalue weighted by molar-refractivity contribution is 7.88. The van der Waals surface area contributed by atoms with E-state index in [2.05, 4.69) is 9.88 Å². The van der Waals surface area contributed by atoms with E-state index < -0.39 is 10.0 Å². The van der Waals surface area contributed by atoms with Crippen molar-refractivity contribution in [1.82, 2.24) is 14.2 Å². The van der Waals surface area contributed by atoms with Crippen molar-refractivity contribution in [3.8, 4) is 0 Å². The molecule has 2 aromatic rings. The fraction of sp³-hybridized carbons (Fsp3) is 0.421. The molecule has 0 N–H and O–H groups in total. The highest BCUT2D eigenvalue weighted by atomic mass is 32.2. The molecule has 25 heavy (non-hydrogen) atoms. The van der Waals surface area contributed by atoms with Gasteiger partial charge in [0.05, 0.1) is 11.4 Å². The Hall–Kier alpha value is -1.76. The number of pyridine rings is 1. The molecule has 0 spiro atoms. The van der Waals surface area contributed by atoms with Crippen LogP contribution in [0.3, 0.4) is 0 Å². The maximum absolute atomic E-state index is 12.8. The first-order valence-electron chi connectivity index (χ1n) is 8.71. The second kappa shape index (κ2) is 6.52. The number of benzene rings is 1. The molecule has 3 aliphatic rings. The summed E-state index contributed by atoms with van der Waals surface area (Å²) in [6, 6.07) is 15.7. The van der Waals surface area contributed by atoms with Gasteiger partial charge in [-0.15, -0.1) is 0 Å². The molecule has 5 rings (SSSR count). The lowest BCUT2D eigenvalue weighted by Gasteiger charge is -2.55. The first-order chi connectivity index (χ1) is 12.0. The maximum Gasteiger partial charge on any atom is 0.218 e. The third-order valence-electron chi connectivity index (χ3n) is 5.05.